The summed E-state index contributed by atoms with van der Waals surface area (Å²) in [4.78, 5) is 30.6. The number of thioether (sulfide) groups is 1. The number of anilines is 1. The summed E-state index contributed by atoms with van der Waals surface area (Å²) in [6.45, 7) is 0. The van der Waals surface area contributed by atoms with E-state index in [4.69, 9.17) is 21.1 Å². The summed E-state index contributed by atoms with van der Waals surface area (Å²) in [5.74, 6) is 0.849. The molecule has 0 aliphatic carbocycles. The molecule has 3 aromatic carbocycles. The first-order chi connectivity index (χ1) is 16.0. The number of hydrogen-bond acceptors (Lipinski definition) is 6. The standard InChI is InChI=1S/C24H20ClN3O4S/c1-31-17-10-11-20(21(13-17)32-2)26-22(29)14-33-24-27-19-9-4-3-8-18(19)23(30)28(24)16-7-5-6-15(25)12-16/h3-13H,14H2,1-2H3,(H,26,29). The summed E-state index contributed by atoms with van der Waals surface area (Å²) in [7, 11) is 3.07. The molecule has 0 fully saturated rings. The van der Waals surface area contributed by atoms with Crippen molar-refractivity contribution >= 4 is 45.9 Å². The fourth-order valence-electron chi connectivity index (χ4n) is 3.27. The Bertz CT molecular complexity index is 1390. The molecule has 0 unspecified atom stereocenters. The van der Waals surface area contributed by atoms with Crippen LogP contribution in [0.1, 0.15) is 0 Å². The molecule has 1 amide bonds. The molecule has 0 radical (unpaired) electrons. The van der Waals surface area contributed by atoms with Crippen LogP contribution in [0, 0.1) is 0 Å². The van der Waals surface area contributed by atoms with Gasteiger partial charge >= 0.3 is 0 Å². The number of carbonyl (C=O) groups is 1. The zero-order valence-electron chi connectivity index (χ0n) is 17.9. The van der Waals surface area contributed by atoms with Crippen LogP contribution in [0.3, 0.4) is 0 Å². The van der Waals surface area contributed by atoms with Gasteiger partial charge in [-0.15, -0.1) is 0 Å². The number of methoxy groups -OCH3 is 2. The third-order valence-corrected chi connectivity index (χ3v) is 6.00. The van der Waals surface area contributed by atoms with Gasteiger partial charge in [-0.3, -0.25) is 14.2 Å². The summed E-state index contributed by atoms with van der Waals surface area (Å²) in [5.41, 5.74) is 1.41. The molecule has 168 valence electrons. The second-order valence-electron chi connectivity index (χ2n) is 6.94. The highest BCUT2D eigenvalue weighted by atomic mass is 35.5. The zero-order valence-corrected chi connectivity index (χ0v) is 19.4. The lowest BCUT2D eigenvalue weighted by Gasteiger charge is -2.14. The molecule has 33 heavy (non-hydrogen) atoms. The molecular weight excluding hydrogens is 462 g/mol. The van der Waals surface area contributed by atoms with Crippen LogP contribution in [0.2, 0.25) is 5.02 Å². The molecule has 1 N–H and O–H groups in total. The van der Waals surface area contributed by atoms with Crippen LogP contribution in [-0.2, 0) is 4.79 Å². The maximum Gasteiger partial charge on any atom is 0.266 e. The minimum Gasteiger partial charge on any atom is -0.497 e. The number of benzene rings is 3. The molecule has 0 saturated carbocycles. The van der Waals surface area contributed by atoms with E-state index in [1.807, 2.05) is 6.07 Å². The summed E-state index contributed by atoms with van der Waals surface area (Å²) < 4.78 is 12.0. The normalized spacial score (nSPS) is 10.8. The Kier molecular flexibility index (Phi) is 6.86. The van der Waals surface area contributed by atoms with Crippen molar-refractivity contribution in [3.63, 3.8) is 0 Å². The van der Waals surface area contributed by atoms with Crippen LogP contribution in [0.15, 0.2) is 76.7 Å². The van der Waals surface area contributed by atoms with E-state index in [-0.39, 0.29) is 17.2 Å². The highest BCUT2D eigenvalue weighted by Crippen LogP contribution is 2.29. The average Bonchev–Trinajstić information content (AvgIpc) is 2.83. The molecule has 1 heterocycles. The van der Waals surface area contributed by atoms with Crippen molar-refractivity contribution in [1.82, 2.24) is 9.55 Å². The van der Waals surface area contributed by atoms with Gasteiger partial charge in [-0.2, -0.15) is 0 Å². The Morgan fingerprint density at radius 1 is 1.06 bits per heavy atom. The first-order valence-electron chi connectivity index (χ1n) is 9.92. The van der Waals surface area contributed by atoms with Gasteiger partial charge in [-0.25, -0.2) is 4.98 Å². The van der Waals surface area contributed by atoms with Gasteiger partial charge in [0.15, 0.2) is 5.16 Å². The Balaban J connectivity index is 1.64. The number of halogens is 1. The van der Waals surface area contributed by atoms with E-state index >= 15 is 0 Å². The molecule has 4 rings (SSSR count). The molecular formula is C24H20ClN3O4S. The fourth-order valence-corrected chi connectivity index (χ4v) is 4.27. The predicted molar refractivity (Wildman–Crippen MR) is 131 cm³/mol. The van der Waals surface area contributed by atoms with E-state index in [9.17, 15) is 9.59 Å². The molecule has 0 aliphatic rings. The minimum atomic E-state index is -0.275. The van der Waals surface area contributed by atoms with E-state index < -0.39 is 0 Å². The molecule has 7 nitrogen and oxygen atoms in total. The SMILES string of the molecule is COc1ccc(NC(=O)CSc2nc3ccccc3c(=O)n2-c2cccc(Cl)c2)c(OC)c1. The van der Waals surface area contributed by atoms with Gasteiger partial charge in [0.2, 0.25) is 5.91 Å². The molecule has 0 aliphatic heterocycles. The maximum atomic E-state index is 13.3. The van der Waals surface area contributed by atoms with Gasteiger partial charge in [-0.05, 0) is 42.5 Å². The van der Waals surface area contributed by atoms with Crippen LogP contribution < -0.4 is 20.3 Å². The van der Waals surface area contributed by atoms with Crippen molar-refractivity contribution < 1.29 is 14.3 Å². The predicted octanol–water partition coefficient (Wildman–Crippen LogP) is 4.79. The van der Waals surface area contributed by atoms with Gasteiger partial charge < -0.3 is 14.8 Å². The topological polar surface area (TPSA) is 82.5 Å². The van der Waals surface area contributed by atoms with Crippen molar-refractivity contribution in [3.8, 4) is 17.2 Å². The van der Waals surface area contributed by atoms with Crippen LogP contribution in [0.25, 0.3) is 16.6 Å². The van der Waals surface area contributed by atoms with Crippen LogP contribution >= 0.6 is 23.4 Å². The van der Waals surface area contributed by atoms with E-state index in [2.05, 4.69) is 10.3 Å². The number of carbonyl (C=O) groups excluding carboxylic acids is 1. The van der Waals surface area contributed by atoms with Crippen LogP contribution in [0.4, 0.5) is 5.69 Å². The summed E-state index contributed by atoms with van der Waals surface area (Å²) in [6.07, 6.45) is 0. The number of ether oxygens (including phenoxy) is 2. The molecule has 4 aromatic rings. The maximum absolute atomic E-state index is 13.3. The van der Waals surface area contributed by atoms with Gasteiger partial charge in [0.05, 0.1) is 42.3 Å². The molecule has 0 atom stereocenters. The van der Waals surface area contributed by atoms with Crippen molar-refractivity contribution in [3.05, 3.63) is 82.1 Å². The van der Waals surface area contributed by atoms with E-state index in [1.54, 1.807) is 67.8 Å². The highest BCUT2D eigenvalue weighted by molar-refractivity contribution is 7.99. The Morgan fingerprint density at radius 2 is 1.88 bits per heavy atom. The van der Waals surface area contributed by atoms with Crippen molar-refractivity contribution in [2.45, 2.75) is 5.16 Å². The van der Waals surface area contributed by atoms with E-state index in [0.717, 1.165) is 11.8 Å². The Morgan fingerprint density at radius 3 is 2.64 bits per heavy atom. The molecule has 0 saturated heterocycles. The number of fused-ring (bicyclic) bond motifs is 1. The summed E-state index contributed by atoms with van der Waals surface area (Å²) in [5, 5.41) is 4.19. The largest absolute Gasteiger partial charge is 0.497 e. The van der Waals surface area contributed by atoms with Crippen LogP contribution in [-0.4, -0.2) is 35.4 Å². The van der Waals surface area contributed by atoms with Gasteiger partial charge in [0, 0.05) is 11.1 Å². The molecule has 0 spiro atoms. The first kappa shape index (κ1) is 22.7. The lowest BCUT2D eigenvalue weighted by Crippen LogP contribution is -2.23. The number of aromatic nitrogens is 2. The van der Waals surface area contributed by atoms with Crippen molar-refractivity contribution in [2.24, 2.45) is 0 Å². The van der Waals surface area contributed by atoms with Gasteiger partial charge in [0.1, 0.15) is 11.5 Å². The molecule has 9 heteroatoms. The average molecular weight is 482 g/mol. The molecule has 0 bridgehead atoms. The number of para-hydroxylation sites is 1. The zero-order chi connectivity index (χ0) is 23.4. The van der Waals surface area contributed by atoms with E-state index in [1.165, 1.54) is 11.7 Å². The quantitative estimate of drug-likeness (QED) is 0.302. The number of nitrogens with one attached hydrogen (secondary N) is 1. The highest BCUT2D eigenvalue weighted by Gasteiger charge is 2.16. The van der Waals surface area contributed by atoms with Crippen molar-refractivity contribution in [2.75, 3.05) is 25.3 Å². The number of nitrogens with zero attached hydrogens (tertiary/aromatic N) is 2. The first-order valence-corrected chi connectivity index (χ1v) is 11.3. The Labute approximate surface area is 199 Å². The monoisotopic (exact) mass is 481 g/mol. The van der Waals surface area contributed by atoms with Crippen molar-refractivity contribution in [1.29, 1.82) is 0 Å². The smallest absolute Gasteiger partial charge is 0.266 e. The summed E-state index contributed by atoms with van der Waals surface area (Å²) in [6, 6.07) is 19.2. The fraction of sp³-hybridized carbons (Fsp3) is 0.125. The minimum absolute atomic E-state index is 0.0283. The van der Waals surface area contributed by atoms with E-state index in [0.29, 0.717) is 44.0 Å². The number of hydrogen-bond donors (Lipinski definition) is 1. The summed E-state index contributed by atoms with van der Waals surface area (Å²) >= 11 is 7.31. The second-order valence-corrected chi connectivity index (χ2v) is 8.31. The third-order valence-electron chi connectivity index (χ3n) is 4.83. The van der Waals surface area contributed by atoms with Gasteiger partial charge in [0.25, 0.3) is 5.56 Å². The third kappa shape index (κ3) is 4.97. The number of rotatable bonds is 7. The lowest BCUT2D eigenvalue weighted by molar-refractivity contribution is -0.113. The second kappa shape index (κ2) is 9.97. The lowest BCUT2D eigenvalue weighted by atomic mass is 10.2. The Hall–Kier alpha value is -3.49. The molecule has 1 aromatic heterocycles. The van der Waals surface area contributed by atoms with Crippen LogP contribution in [0.5, 0.6) is 11.5 Å². The number of amides is 1. The van der Waals surface area contributed by atoms with Gasteiger partial charge in [-0.1, -0.05) is 41.6 Å².